The maximum Gasteiger partial charge on any atom is 0.251 e. The number of anilines is 2. The zero-order valence-electron chi connectivity index (χ0n) is 17.5. The third-order valence-electron chi connectivity index (χ3n) is 4.45. The van der Waals surface area contributed by atoms with Crippen molar-refractivity contribution in [3.63, 3.8) is 0 Å². The first-order valence-electron chi connectivity index (χ1n) is 10.2. The molecule has 156 valence electrons. The number of carbonyl (C=O) groups excluding carboxylic acids is 2. The molecule has 2 amide bonds. The summed E-state index contributed by atoms with van der Waals surface area (Å²) in [5, 5.41) is 8.83. The Morgan fingerprint density at radius 3 is 2.55 bits per heavy atom. The maximum atomic E-state index is 12.3. The molecule has 2 rings (SSSR count). The van der Waals surface area contributed by atoms with Crippen molar-refractivity contribution < 1.29 is 14.3 Å². The van der Waals surface area contributed by atoms with Crippen LogP contribution in [0.2, 0.25) is 0 Å². The molecule has 0 aliphatic carbocycles. The van der Waals surface area contributed by atoms with Gasteiger partial charge in [0.05, 0.1) is 13.2 Å². The highest BCUT2D eigenvalue weighted by atomic mass is 16.5. The Labute approximate surface area is 173 Å². The van der Waals surface area contributed by atoms with Crippen molar-refractivity contribution in [2.24, 2.45) is 0 Å². The topological polar surface area (TPSA) is 79.5 Å². The molecule has 1 atom stereocenters. The molecule has 0 saturated heterocycles. The molecule has 0 bridgehead atoms. The van der Waals surface area contributed by atoms with E-state index in [0.717, 1.165) is 30.7 Å². The normalized spacial score (nSPS) is 11.4. The van der Waals surface area contributed by atoms with Crippen LogP contribution in [0.25, 0.3) is 0 Å². The van der Waals surface area contributed by atoms with Gasteiger partial charge in [-0.05, 0) is 50.1 Å². The second kappa shape index (κ2) is 11.7. The number of unbranched alkanes of at least 4 members (excludes halogenated alkanes) is 1. The minimum atomic E-state index is -0.193. The summed E-state index contributed by atoms with van der Waals surface area (Å²) < 4.78 is 5.68. The third-order valence-corrected chi connectivity index (χ3v) is 4.45. The van der Waals surface area contributed by atoms with E-state index >= 15 is 0 Å². The summed E-state index contributed by atoms with van der Waals surface area (Å²) >= 11 is 0. The molecule has 6 heteroatoms. The Balaban J connectivity index is 1.87. The van der Waals surface area contributed by atoms with Gasteiger partial charge in [-0.25, -0.2) is 0 Å². The minimum absolute atomic E-state index is 0.103. The summed E-state index contributed by atoms with van der Waals surface area (Å²) in [6.07, 6.45) is 2.95. The van der Waals surface area contributed by atoms with Gasteiger partial charge in [-0.1, -0.05) is 32.4 Å². The summed E-state index contributed by atoms with van der Waals surface area (Å²) in [6, 6.07) is 14.6. The van der Waals surface area contributed by atoms with Gasteiger partial charge in [0.2, 0.25) is 5.91 Å². The van der Waals surface area contributed by atoms with Crippen molar-refractivity contribution in [1.29, 1.82) is 0 Å². The molecular weight excluding hydrogens is 366 g/mol. The smallest absolute Gasteiger partial charge is 0.251 e. The molecule has 0 spiro atoms. The van der Waals surface area contributed by atoms with E-state index in [-0.39, 0.29) is 24.4 Å². The largest absolute Gasteiger partial charge is 0.494 e. The van der Waals surface area contributed by atoms with Gasteiger partial charge in [0.1, 0.15) is 5.75 Å². The fourth-order valence-corrected chi connectivity index (χ4v) is 2.57. The third kappa shape index (κ3) is 7.86. The Bertz CT molecular complexity index is 807. The molecule has 0 saturated carbocycles. The van der Waals surface area contributed by atoms with Gasteiger partial charge < -0.3 is 20.7 Å². The molecule has 1 unspecified atom stereocenters. The van der Waals surface area contributed by atoms with Crippen LogP contribution < -0.4 is 20.7 Å². The number of hydrogen-bond acceptors (Lipinski definition) is 4. The van der Waals surface area contributed by atoms with Crippen LogP contribution in [-0.4, -0.2) is 31.0 Å². The van der Waals surface area contributed by atoms with Crippen molar-refractivity contribution in [1.82, 2.24) is 5.32 Å². The highest BCUT2D eigenvalue weighted by molar-refractivity contribution is 5.98. The standard InChI is InChI=1S/C23H31N3O3/c1-4-6-13-29-21-12-8-10-19(15-21)24-16-22(27)26-20-11-7-9-18(14-20)23(28)25-17(3)5-2/h7-12,14-15,17,24H,4-6,13,16H2,1-3H3,(H,25,28)(H,26,27). The van der Waals surface area contributed by atoms with Crippen LogP contribution in [0.15, 0.2) is 48.5 Å². The van der Waals surface area contributed by atoms with Crippen LogP contribution in [0.1, 0.15) is 50.4 Å². The van der Waals surface area contributed by atoms with Gasteiger partial charge in [-0.15, -0.1) is 0 Å². The summed E-state index contributed by atoms with van der Waals surface area (Å²) in [6.45, 7) is 6.89. The van der Waals surface area contributed by atoms with Crippen LogP contribution in [0.4, 0.5) is 11.4 Å². The van der Waals surface area contributed by atoms with Crippen LogP contribution in [0.5, 0.6) is 5.75 Å². The minimum Gasteiger partial charge on any atom is -0.494 e. The molecule has 0 heterocycles. The van der Waals surface area contributed by atoms with Gasteiger partial charge in [-0.2, -0.15) is 0 Å². The Hall–Kier alpha value is -3.02. The van der Waals surface area contributed by atoms with E-state index in [2.05, 4.69) is 22.9 Å². The lowest BCUT2D eigenvalue weighted by Gasteiger charge is -2.13. The van der Waals surface area contributed by atoms with E-state index in [1.807, 2.05) is 38.1 Å². The lowest BCUT2D eigenvalue weighted by atomic mass is 10.1. The Morgan fingerprint density at radius 2 is 1.79 bits per heavy atom. The zero-order valence-corrected chi connectivity index (χ0v) is 17.5. The average molecular weight is 398 g/mol. The summed E-state index contributed by atoms with van der Waals surface area (Å²) in [7, 11) is 0. The van der Waals surface area contributed by atoms with Crippen molar-refractivity contribution in [3.8, 4) is 5.75 Å². The molecule has 0 radical (unpaired) electrons. The number of benzene rings is 2. The van der Waals surface area contributed by atoms with E-state index in [1.165, 1.54) is 0 Å². The van der Waals surface area contributed by atoms with Gasteiger partial charge >= 0.3 is 0 Å². The van der Waals surface area contributed by atoms with Crippen molar-refractivity contribution in [3.05, 3.63) is 54.1 Å². The molecule has 0 aliphatic rings. The van der Waals surface area contributed by atoms with Crippen LogP contribution in [-0.2, 0) is 4.79 Å². The molecule has 3 N–H and O–H groups in total. The highest BCUT2D eigenvalue weighted by Crippen LogP contribution is 2.18. The van der Waals surface area contributed by atoms with Gasteiger partial charge in [-0.3, -0.25) is 9.59 Å². The molecule has 6 nitrogen and oxygen atoms in total. The van der Waals surface area contributed by atoms with Crippen molar-refractivity contribution >= 4 is 23.2 Å². The lowest BCUT2D eigenvalue weighted by molar-refractivity contribution is -0.114. The van der Waals surface area contributed by atoms with Gasteiger partial charge in [0.15, 0.2) is 0 Å². The van der Waals surface area contributed by atoms with Crippen molar-refractivity contribution in [2.45, 2.75) is 46.1 Å². The molecule has 2 aromatic carbocycles. The maximum absolute atomic E-state index is 12.3. The van der Waals surface area contributed by atoms with Crippen molar-refractivity contribution in [2.75, 3.05) is 23.8 Å². The fourth-order valence-electron chi connectivity index (χ4n) is 2.57. The zero-order chi connectivity index (χ0) is 21.1. The molecule has 29 heavy (non-hydrogen) atoms. The number of carbonyl (C=O) groups is 2. The lowest BCUT2D eigenvalue weighted by Crippen LogP contribution is -2.32. The second-order valence-electron chi connectivity index (χ2n) is 7.00. The average Bonchev–Trinajstić information content (AvgIpc) is 2.73. The monoisotopic (exact) mass is 397 g/mol. The first-order chi connectivity index (χ1) is 14.0. The van der Waals surface area contributed by atoms with Crippen LogP contribution in [0, 0.1) is 0 Å². The number of hydrogen-bond donors (Lipinski definition) is 3. The predicted molar refractivity (Wildman–Crippen MR) is 118 cm³/mol. The fraction of sp³-hybridized carbons (Fsp3) is 0.391. The van der Waals surface area contributed by atoms with Gasteiger partial charge in [0, 0.05) is 29.0 Å². The van der Waals surface area contributed by atoms with E-state index in [9.17, 15) is 9.59 Å². The quantitative estimate of drug-likeness (QED) is 0.490. The summed E-state index contributed by atoms with van der Waals surface area (Å²) in [5.41, 5.74) is 1.93. The Kier molecular flexibility index (Phi) is 9.02. The van der Waals surface area contributed by atoms with E-state index in [1.54, 1.807) is 24.3 Å². The van der Waals surface area contributed by atoms with Crippen LogP contribution in [0.3, 0.4) is 0 Å². The number of amides is 2. The van der Waals surface area contributed by atoms with E-state index in [0.29, 0.717) is 17.9 Å². The Morgan fingerprint density at radius 1 is 1.03 bits per heavy atom. The summed E-state index contributed by atoms with van der Waals surface area (Å²) in [4.78, 5) is 24.5. The molecule has 0 aromatic heterocycles. The number of nitrogens with one attached hydrogen (secondary N) is 3. The van der Waals surface area contributed by atoms with Crippen LogP contribution >= 0.6 is 0 Å². The number of ether oxygens (including phenoxy) is 1. The predicted octanol–water partition coefficient (Wildman–Crippen LogP) is 4.44. The molecular formula is C23H31N3O3. The second-order valence-corrected chi connectivity index (χ2v) is 7.00. The molecule has 0 aliphatic heterocycles. The van der Waals surface area contributed by atoms with E-state index < -0.39 is 0 Å². The first kappa shape index (κ1) is 22.3. The van der Waals surface area contributed by atoms with Gasteiger partial charge in [0.25, 0.3) is 5.91 Å². The SMILES string of the molecule is CCCCOc1cccc(NCC(=O)Nc2cccc(C(=O)NC(C)CC)c2)c1. The first-order valence-corrected chi connectivity index (χ1v) is 10.2. The van der Waals surface area contributed by atoms with E-state index in [4.69, 9.17) is 4.74 Å². The highest BCUT2D eigenvalue weighted by Gasteiger charge is 2.10. The number of rotatable bonds is 11. The molecule has 0 fully saturated rings. The summed E-state index contributed by atoms with van der Waals surface area (Å²) in [5.74, 6) is 0.444. The molecule has 2 aromatic rings.